The van der Waals surface area contributed by atoms with E-state index in [2.05, 4.69) is 36.9 Å². The molecule has 106 valence electrons. The third-order valence-electron chi connectivity index (χ3n) is 3.68. The van der Waals surface area contributed by atoms with Crippen LogP contribution in [0.15, 0.2) is 18.2 Å². The van der Waals surface area contributed by atoms with Gasteiger partial charge in [-0.05, 0) is 32.3 Å². The zero-order chi connectivity index (χ0) is 13.8. The zero-order valence-corrected chi connectivity index (χ0v) is 12.2. The van der Waals surface area contributed by atoms with Crippen LogP contribution in [0.4, 0.5) is 0 Å². The Balaban J connectivity index is 1.99. The van der Waals surface area contributed by atoms with E-state index in [1.807, 2.05) is 0 Å². The Kier molecular flexibility index (Phi) is 4.97. The highest BCUT2D eigenvalue weighted by Crippen LogP contribution is 2.29. The Morgan fingerprint density at radius 2 is 1.89 bits per heavy atom. The fourth-order valence-electron chi connectivity index (χ4n) is 2.60. The van der Waals surface area contributed by atoms with Crippen LogP contribution in [-0.4, -0.2) is 42.9 Å². The fourth-order valence-corrected chi connectivity index (χ4v) is 2.60. The van der Waals surface area contributed by atoms with Crippen LogP contribution in [0.5, 0.6) is 0 Å². The highest BCUT2D eigenvalue weighted by molar-refractivity contribution is 5.30. The van der Waals surface area contributed by atoms with Gasteiger partial charge in [-0.25, -0.2) is 0 Å². The second-order valence-electron chi connectivity index (χ2n) is 5.66. The van der Waals surface area contributed by atoms with Crippen LogP contribution in [0.2, 0.25) is 0 Å². The van der Waals surface area contributed by atoms with E-state index in [4.69, 9.17) is 4.74 Å². The first-order valence-corrected chi connectivity index (χ1v) is 7.09. The number of hydrogen-bond acceptors (Lipinski definition) is 3. The summed E-state index contributed by atoms with van der Waals surface area (Å²) in [6.45, 7) is 6.50. The predicted octanol–water partition coefficient (Wildman–Crippen LogP) is 2.45. The molecule has 0 saturated heterocycles. The minimum Gasteiger partial charge on any atom is -0.387 e. The molecule has 1 fully saturated rings. The van der Waals surface area contributed by atoms with E-state index in [-0.39, 0.29) is 0 Å². The molecule has 0 heterocycles. The highest BCUT2D eigenvalue weighted by Gasteiger charge is 2.30. The molecule has 1 unspecified atom stereocenters. The first kappa shape index (κ1) is 14.5. The normalized spacial score (nSPS) is 16.9. The van der Waals surface area contributed by atoms with Gasteiger partial charge in [0.25, 0.3) is 0 Å². The van der Waals surface area contributed by atoms with Crippen molar-refractivity contribution < 1.29 is 9.84 Å². The molecule has 1 atom stereocenters. The van der Waals surface area contributed by atoms with Crippen LogP contribution in [0.1, 0.15) is 35.6 Å². The smallest absolute Gasteiger partial charge is 0.0917 e. The van der Waals surface area contributed by atoms with Gasteiger partial charge in [-0.2, -0.15) is 0 Å². The van der Waals surface area contributed by atoms with Crippen molar-refractivity contribution in [1.29, 1.82) is 0 Å². The number of aliphatic hydroxyl groups excluding tert-OH is 1. The average Bonchev–Trinajstić information content (AvgIpc) is 3.17. The molecule has 0 spiro atoms. The summed E-state index contributed by atoms with van der Waals surface area (Å²) in [5.41, 5.74) is 3.45. The Bertz CT molecular complexity index is 395. The molecule has 1 saturated carbocycles. The van der Waals surface area contributed by atoms with Gasteiger partial charge >= 0.3 is 0 Å². The number of benzene rings is 1. The first-order valence-electron chi connectivity index (χ1n) is 7.09. The Morgan fingerprint density at radius 1 is 1.26 bits per heavy atom. The van der Waals surface area contributed by atoms with Crippen LogP contribution in [0, 0.1) is 13.8 Å². The number of aryl methyl sites for hydroxylation is 2. The van der Waals surface area contributed by atoms with Crippen molar-refractivity contribution in [2.75, 3.05) is 26.8 Å². The van der Waals surface area contributed by atoms with E-state index in [0.29, 0.717) is 12.6 Å². The summed E-state index contributed by atoms with van der Waals surface area (Å²) in [6.07, 6.45) is 2.10. The maximum absolute atomic E-state index is 10.4. The minimum absolute atomic E-state index is 0.406. The molecule has 1 aromatic rings. The number of aliphatic hydroxyl groups is 1. The summed E-state index contributed by atoms with van der Waals surface area (Å²) in [4.78, 5) is 2.35. The molecule has 0 amide bonds. The van der Waals surface area contributed by atoms with Gasteiger partial charge in [0.1, 0.15) is 0 Å². The van der Waals surface area contributed by atoms with E-state index in [1.54, 1.807) is 7.11 Å². The molecule has 1 aliphatic rings. The van der Waals surface area contributed by atoms with Crippen molar-refractivity contribution in [3.8, 4) is 0 Å². The largest absolute Gasteiger partial charge is 0.387 e. The molecule has 3 heteroatoms. The molecule has 0 radical (unpaired) electrons. The second kappa shape index (κ2) is 6.51. The van der Waals surface area contributed by atoms with Gasteiger partial charge in [-0.15, -0.1) is 0 Å². The van der Waals surface area contributed by atoms with Gasteiger partial charge in [0.05, 0.1) is 12.7 Å². The van der Waals surface area contributed by atoms with Gasteiger partial charge in [0, 0.05) is 26.2 Å². The van der Waals surface area contributed by atoms with Crippen molar-refractivity contribution in [3.05, 3.63) is 34.9 Å². The summed E-state index contributed by atoms with van der Waals surface area (Å²) < 4.78 is 5.15. The van der Waals surface area contributed by atoms with E-state index >= 15 is 0 Å². The number of ether oxygens (including phenoxy) is 1. The van der Waals surface area contributed by atoms with Crippen LogP contribution in [0.3, 0.4) is 0 Å². The molecule has 1 N–H and O–H groups in total. The summed E-state index contributed by atoms with van der Waals surface area (Å²) in [5.74, 6) is 0. The van der Waals surface area contributed by atoms with Crippen molar-refractivity contribution in [1.82, 2.24) is 4.90 Å². The second-order valence-corrected chi connectivity index (χ2v) is 5.66. The zero-order valence-electron chi connectivity index (χ0n) is 12.2. The maximum Gasteiger partial charge on any atom is 0.0917 e. The number of methoxy groups -OCH3 is 1. The maximum atomic E-state index is 10.4. The monoisotopic (exact) mass is 263 g/mol. The molecule has 3 nitrogen and oxygen atoms in total. The van der Waals surface area contributed by atoms with Gasteiger partial charge < -0.3 is 9.84 Å². The van der Waals surface area contributed by atoms with Crippen LogP contribution < -0.4 is 0 Å². The summed E-state index contributed by atoms with van der Waals surface area (Å²) in [7, 11) is 1.73. The van der Waals surface area contributed by atoms with Crippen LogP contribution in [-0.2, 0) is 4.74 Å². The van der Waals surface area contributed by atoms with Crippen molar-refractivity contribution in [3.63, 3.8) is 0 Å². The van der Waals surface area contributed by atoms with Crippen LogP contribution >= 0.6 is 0 Å². The summed E-state index contributed by atoms with van der Waals surface area (Å²) in [6, 6.07) is 6.95. The number of nitrogens with zero attached hydrogens (tertiary/aromatic N) is 1. The van der Waals surface area contributed by atoms with E-state index in [0.717, 1.165) is 18.7 Å². The SMILES string of the molecule is COCCN(CC(O)c1cc(C)cc(C)c1)C1CC1. The quantitative estimate of drug-likeness (QED) is 0.820. The summed E-state index contributed by atoms with van der Waals surface area (Å²) in [5, 5.41) is 10.4. The molecule has 0 bridgehead atoms. The summed E-state index contributed by atoms with van der Waals surface area (Å²) >= 11 is 0. The van der Waals surface area contributed by atoms with Gasteiger partial charge in [-0.1, -0.05) is 29.3 Å². The van der Waals surface area contributed by atoms with Crippen molar-refractivity contribution in [2.45, 2.75) is 38.8 Å². The van der Waals surface area contributed by atoms with Gasteiger partial charge in [-0.3, -0.25) is 4.90 Å². The molecular formula is C16H25NO2. The number of hydrogen-bond donors (Lipinski definition) is 1. The van der Waals surface area contributed by atoms with Crippen LogP contribution in [0.25, 0.3) is 0 Å². The van der Waals surface area contributed by atoms with Crippen molar-refractivity contribution >= 4 is 0 Å². The molecule has 2 rings (SSSR count). The Labute approximate surface area is 116 Å². The average molecular weight is 263 g/mol. The Morgan fingerprint density at radius 3 is 2.42 bits per heavy atom. The third kappa shape index (κ3) is 4.30. The van der Waals surface area contributed by atoms with E-state index in [9.17, 15) is 5.11 Å². The lowest BCUT2D eigenvalue weighted by atomic mass is 10.0. The molecule has 1 aliphatic carbocycles. The molecule has 19 heavy (non-hydrogen) atoms. The lowest BCUT2D eigenvalue weighted by Crippen LogP contribution is -2.33. The molecule has 0 aliphatic heterocycles. The molecule has 0 aromatic heterocycles. The standard InChI is InChI=1S/C16H25NO2/c1-12-8-13(2)10-14(9-12)16(18)11-17(6-7-19-3)15-4-5-15/h8-10,15-16,18H,4-7,11H2,1-3H3. The first-order chi connectivity index (χ1) is 9.10. The Hall–Kier alpha value is -0.900. The van der Waals surface area contributed by atoms with Crippen molar-refractivity contribution in [2.24, 2.45) is 0 Å². The minimum atomic E-state index is -0.406. The highest BCUT2D eigenvalue weighted by atomic mass is 16.5. The van der Waals surface area contributed by atoms with E-state index < -0.39 is 6.10 Å². The van der Waals surface area contributed by atoms with E-state index in [1.165, 1.54) is 24.0 Å². The molecular weight excluding hydrogens is 238 g/mol. The van der Waals surface area contributed by atoms with Gasteiger partial charge in [0.2, 0.25) is 0 Å². The third-order valence-corrected chi connectivity index (χ3v) is 3.68. The van der Waals surface area contributed by atoms with Gasteiger partial charge in [0.15, 0.2) is 0 Å². The topological polar surface area (TPSA) is 32.7 Å². The number of rotatable bonds is 7. The predicted molar refractivity (Wildman–Crippen MR) is 77.3 cm³/mol. The lowest BCUT2D eigenvalue weighted by molar-refractivity contribution is 0.0845. The molecule has 1 aromatic carbocycles. The fraction of sp³-hybridized carbons (Fsp3) is 0.625. The lowest BCUT2D eigenvalue weighted by Gasteiger charge is -2.25.